The fourth-order valence-corrected chi connectivity index (χ4v) is 15.5. The fourth-order valence-electron chi connectivity index (χ4n) is 15.5. The van der Waals surface area contributed by atoms with E-state index in [1.54, 1.807) is 0 Å². The molecule has 9 aliphatic rings. The van der Waals surface area contributed by atoms with Crippen molar-refractivity contribution in [3.05, 3.63) is 11.6 Å². The molecule has 9 rings (SSSR count). The number of hydrogen-bond donors (Lipinski definition) is 10. The van der Waals surface area contributed by atoms with Gasteiger partial charge in [-0.25, -0.2) is 9.59 Å². The normalized spacial score (nSPS) is 56.5. The van der Waals surface area contributed by atoms with E-state index in [1.807, 2.05) is 13.8 Å². The highest BCUT2D eigenvalue weighted by molar-refractivity contribution is 5.79. The van der Waals surface area contributed by atoms with Crippen LogP contribution in [0.1, 0.15) is 106 Å². The Kier molecular flexibility index (Phi) is 12.7. The van der Waals surface area contributed by atoms with E-state index in [9.17, 15) is 65.4 Å². The minimum absolute atomic E-state index is 0.0915. The highest BCUT2D eigenvalue weighted by Gasteiger charge is 2.72. The molecule has 4 heterocycles. The van der Waals surface area contributed by atoms with Crippen molar-refractivity contribution in [1.29, 1.82) is 0 Å². The average molecular weight is 969 g/mol. The molecule has 5 aliphatic carbocycles. The molecule has 0 radical (unpaired) electrons. The zero-order chi connectivity index (χ0) is 49.6. The van der Waals surface area contributed by atoms with Crippen molar-refractivity contribution in [2.75, 3.05) is 6.61 Å². The Morgan fingerprint density at radius 1 is 0.662 bits per heavy atom. The molecule has 0 aromatic rings. The van der Waals surface area contributed by atoms with E-state index in [2.05, 4.69) is 33.8 Å². The van der Waals surface area contributed by atoms with E-state index in [0.29, 0.717) is 19.3 Å². The number of fused-ring (bicyclic) bond motifs is 10. The summed E-state index contributed by atoms with van der Waals surface area (Å²) in [5, 5.41) is 108. The Morgan fingerprint density at radius 3 is 1.84 bits per heavy atom. The minimum atomic E-state index is -2.16. The highest BCUT2D eigenvalue weighted by atomic mass is 16.8. The topological polar surface area (TPSA) is 318 Å². The number of esters is 1. The molecule has 2 bridgehead atoms. The molecule has 0 spiro atoms. The second-order valence-electron chi connectivity index (χ2n) is 23.4. The van der Waals surface area contributed by atoms with Gasteiger partial charge in [-0.05, 0) is 99.2 Å². The molecule has 0 unspecified atom stereocenters. The Labute approximate surface area is 394 Å². The summed E-state index contributed by atoms with van der Waals surface area (Å²) in [6.45, 7) is 14.4. The standard InChI is InChI=1S/C48H72O20/c1-19-26(50)27(51)32(56)39(62-19)67-36-31(55)29(53)34(38(59)60)66-41(36)68-35-30(54)28(52)33(37(57)58)65-40(35)63-24-11-12-45(4)22(46(24,5)18-49)10-13-48(7)23(45)9-8-20-21-16-43(2)17-25(64-42(43)61)44(21,3)14-15-47(20,48)6/h8,19,21-36,39-41,49-56H,9-18H2,1-7H3,(H,57,58)(H,59,60)/t19-,21-,22+,23+,24-,25+,26-,27+,28-,29-,30-,31-,32+,33-,34-,35+,36+,39-,40+,41-,43+,44+,45-,46+,47+,48+/m0/s1. The third-order valence-electron chi connectivity index (χ3n) is 20.0. The van der Waals surface area contributed by atoms with Gasteiger partial charge in [0.05, 0.1) is 24.2 Å². The van der Waals surface area contributed by atoms with E-state index in [-0.39, 0.29) is 58.1 Å². The number of carbonyl (C=O) groups is 3. The van der Waals surface area contributed by atoms with Gasteiger partial charge in [-0.3, -0.25) is 4.79 Å². The summed E-state index contributed by atoms with van der Waals surface area (Å²) in [6, 6.07) is 0. The summed E-state index contributed by atoms with van der Waals surface area (Å²) in [6.07, 6.45) is -20.6. The lowest BCUT2D eigenvalue weighted by molar-refractivity contribution is -0.393. The van der Waals surface area contributed by atoms with Crippen molar-refractivity contribution in [3.63, 3.8) is 0 Å². The monoisotopic (exact) mass is 968 g/mol. The number of aliphatic hydroxyl groups is 8. The zero-order valence-corrected chi connectivity index (χ0v) is 39.8. The first-order chi connectivity index (χ1) is 31.7. The van der Waals surface area contributed by atoms with E-state index >= 15 is 0 Å². The quantitative estimate of drug-likeness (QED) is 0.0846. The van der Waals surface area contributed by atoms with E-state index < -0.39 is 121 Å². The number of aliphatic carboxylic acids is 2. The van der Waals surface area contributed by atoms with Crippen LogP contribution in [0.15, 0.2) is 11.6 Å². The summed E-state index contributed by atoms with van der Waals surface area (Å²) in [5.41, 5.74) is -0.840. The van der Waals surface area contributed by atoms with Crippen LogP contribution in [-0.4, -0.2) is 180 Å². The molecule has 10 N–H and O–H groups in total. The summed E-state index contributed by atoms with van der Waals surface area (Å²) >= 11 is 0. The molecule has 68 heavy (non-hydrogen) atoms. The predicted molar refractivity (Wildman–Crippen MR) is 229 cm³/mol. The number of aliphatic hydroxyl groups excluding tert-OH is 8. The van der Waals surface area contributed by atoms with Crippen LogP contribution in [0.3, 0.4) is 0 Å². The number of allylic oxidation sites excluding steroid dienone is 2. The first-order valence-electron chi connectivity index (χ1n) is 24.4. The van der Waals surface area contributed by atoms with Gasteiger partial charge in [0.15, 0.2) is 31.1 Å². The summed E-state index contributed by atoms with van der Waals surface area (Å²) in [4.78, 5) is 37.9. The van der Waals surface area contributed by atoms with Gasteiger partial charge in [0.2, 0.25) is 0 Å². The van der Waals surface area contributed by atoms with Crippen molar-refractivity contribution in [2.24, 2.45) is 50.2 Å². The molecule has 20 heteroatoms. The van der Waals surface area contributed by atoms with Crippen molar-refractivity contribution in [1.82, 2.24) is 0 Å². The second-order valence-corrected chi connectivity index (χ2v) is 23.4. The van der Waals surface area contributed by atoms with Crippen LogP contribution in [0.4, 0.5) is 0 Å². The van der Waals surface area contributed by atoms with Crippen LogP contribution < -0.4 is 0 Å². The van der Waals surface area contributed by atoms with Crippen LogP contribution in [0, 0.1) is 50.2 Å². The fraction of sp³-hybridized carbons (Fsp3) is 0.896. The molecule has 20 nitrogen and oxygen atoms in total. The molecule has 0 amide bonds. The number of hydrogen-bond acceptors (Lipinski definition) is 18. The van der Waals surface area contributed by atoms with E-state index in [0.717, 1.165) is 38.5 Å². The number of carbonyl (C=O) groups excluding carboxylic acids is 1. The second kappa shape index (κ2) is 17.1. The number of carboxylic acid groups (broad SMARTS) is 2. The zero-order valence-electron chi connectivity index (χ0n) is 39.8. The van der Waals surface area contributed by atoms with Gasteiger partial charge in [-0.2, -0.15) is 0 Å². The number of ether oxygens (including phenoxy) is 7. The first kappa shape index (κ1) is 50.5. The molecule has 384 valence electrons. The van der Waals surface area contributed by atoms with Crippen LogP contribution >= 0.6 is 0 Å². The Balaban J connectivity index is 1.000. The molecule has 26 atom stereocenters. The molecule has 4 saturated carbocycles. The number of rotatable bonds is 9. The molecule has 0 aromatic carbocycles. The molecule has 8 fully saturated rings. The van der Waals surface area contributed by atoms with Gasteiger partial charge in [0, 0.05) is 17.3 Å². The van der Waals surface area contributed by atoms with Crippen molar-refractivity contribution >= 4 is 17.9 Å². The van der Waals surface area contributed by atoms with E-state index in [4.69, 9.17) is 33.2 Å². The predicted octanol–water partition coefficient (Wildman–Crippen LogP) is 0.342. The van der Waals surface area contributed by atoms with E-state index in [1.165, 1.54) is 12.5 Å². The van der Waals surface area contributed by atoms with Gasteiger partial charge in [0.1, 0.15) is 61.0 Å². The Hall–Kier alpha value is -2.41. The maximum absolute atomic E-state index is 13.2. The molecule has 0 aromatic heterocycles. The third-order valence-corrected chi connectivity index (χ3v) is 20.0. The minimum Gasteiger partial charge on any atom is -0.479 e. The third kappa shape index (κ3) is 7.23. The van der Waals surface area contributed by atoms with Crippen molar-refractivity contribution in [3.8, 4) is 0 Å². The van der Waals surface area contributed by atoms with Crippen LogP contribution in [0.5, 0.6) is 0 Å². The summed E-state index contributed by atoms with van der Waals surface area (Å²) in [7, 11) is 0. The van der Waals surface area contributed by atoms with Crippen LogP contribution in [-0.2, 0) is 47.5 Å². The van der Waals surface area contributed by atoms with Gasteiger partial charge in [-0.15, -0.1) is 0 Å². The summed E-state index contributed by atoms with van der Waals surface area (Å²) in [5.74, 6) is -3.22. The SMILES string of the molecule is C[C@@H]1O[C@@H](O[C@H]2[C@H](O[C@H]3[C@H](O[C@H]4CC[C@@]5(C)[C@@H](CC[C@]6(C)[C@@H]5CC=C5[C@@H]7C[C@]8(C)C[C@@H](OC8=O)[C@]7(C)CC[C@]56C)[C@@]4(C)CO)O[C@H](C(=O)O)[C@@H](O)[C@@H]3O)O[C@H](C(=O)O)[C@@H](O)[C@@H]2O)[C@H](O)[C@H](O)[C@H]1O. The van der Waals surface area contributed by atoms with Gasteiger partial charge in [0.25, 0.3) is 0 Å². The lowest BCUT2D eigenvalue weighted by Crippen LogP contribution is -2.68. The number of carboxylic acids is 2. The Morgan fingerprint density at radius 2 is 1.25 bits per heavy atom. The lowest BCUT2D eigenvalue weighted by Gasteiger charge is -2.71. The molecular weight excluding hydrogens is 897 g/mol. The largest absolute Gasteiger partial charge is 0.479 e. The van der Waals surface area contributed by atoms with Crippen LogP contribution in [0.2, 0.25) is 0 Å². The van der Waals surface area contributed by atoms with Crippen LogP contribution in [0.25, 0.3) is 0 Å². The van der Waals surface area contributed by atoms with Gasteiger partial charge >= 0.3 is 17.9 Å². The maximum atomic E-state index is 13.2. The van der Waals surface area contributed by atoms with Gasteiger partial charge < -0.3 is 84.2 Å². The molecular formula is C48H72O20. The maximum Gasteiger partial charge on any atom is 0.335 e. The highest BCUT2D eigenvalue weighted by Crippen LogP contribution is 2.76. The van der Waals surface area contributed by atoms with Gasteiger partial charge in [-0.1, -0.05) is 46.3 Å². The van der Waals surface area contributed by atoms with Crippen molar-refractivity contribution in [2.45, 2.75) is 211 Å². The Bertz CT molecular complexity index is 2020. The average Bonchev–Trinajstić information content (AvgIpc) is 3.55. The van der Waals surface area contributed by atoms with Crippen molar-refractivity contribution < 1.29 is 98.6 Å². The molecule has 4 saturated heterocycles. The smallest absolute Gasteiger partial charge is 0.335 e. The molecule has 4 aliphatic heterocycles. The first-order valence-corrected chi connectivity index (χ1v) is 24.4. The lowest BCUT2D eigenvalue weighted by atomic mass is 9.33. The summed E-state index contributed by atoms with van der Waals surface area (Å²) < 4.78 is 41.7.